The molecule has 0 aliphatic heterocycles. The fourth-order valence-electron chi connectivity index (χ4n) is 1.41. The van der Waals surface area contributed by atoms with Crippen LogP contribution in [-0.2, 0) is 0 Å². The molecule has 5 heteroatoms. The summed E-state index contributed by atoms with van der Waals surface area (Å²) in [7, 11) is 0. The van der Waals surface area contributed by atoms with Crippen LogP contribution in [0.1, 0.15) is 6.92 Å². The van der Waals surface area contributed by atoms with Crippen molar-refractivity contribution in [2.45, 2.75) is 6.92 Å². The molecule has 2 aromatic heterocycles. The fourth-order valence-corrected chi connectivity index (χ4v) is 1.41. The first kappa shape index (κ1) is 10.8. The number of aromatic nitrogens is 3. The van der Waals surface area contributed by atoms with Crippen molar-refractivity contribution in [2.75, 3.05) is 25.0 Å². The first-order chi connectivity index (χ1) is 7.90. The third-order valence-corrected chi connectivity index (χ3v) is 2.19. The molecule has 0 amide bonds. The van der Waals surface area contributed by atoms with E-state index in [4.69, 9.17) is 0 Å². The van der Waals surface area contributed by atoms with Crippen LogP contribution in [0, 0.1) is 0 Å². The van der Waals surface area contributed by atoms with Crippen LogP contribution in [0.25, 0.3) is 11.2 Å². The predicted molar refractivity (Wildman–Crippen MR) is 64.4 cm³/mol. The standard InChI is InChI=1S/C11H15N5/c1-2-12-5-6-14-10-4-3-9-11(16-10)15-8-7-13-9/h3-4,7-8,12H,2,5-6H2,1H3,(H,14,15,16). The van der Waals surface area contributed by atoms with E-state index >= 15 is 0 Å². The number of pyridine rings is 1. The first-order valence-electron chi connectivity index (χ1n) is 5.42. The van der Waals surface area contributed by atoms with Crippen LogP contribution in [0.5, 0.6) is 0 Å². The van der Waals surface area contributed by atoms with E-state index in [-0.39, 0.29) is 0 Å². The lowest BCUT2D eigenvalue weighted by Crippen LogP contribution is -2.21. The van der Waals surface area contributed by atoms with E-state index in [2.05, 4.69) is 32.5 Å². The molecule has 0 aliphatic rings. The zero-order valence-electron chi connectivity index (χ0n) is 9.27. The van der Waals surface area contributed by atoms with Gasteiger partial charge in [-0.05, 0) is 18.7 Å². The molecule has 0 radical (unpaired) electrons. The molecule has 2 N–H and O–H groups in total. The van der Waals surface area contributed by atoms with E-state index in [1.165, 1.54) is 0 Å². The second-order valence-corrected chi connectivity index (χ2v) is 3.38. The molecule has 2 rings (SSSR count). The number of rotatable bonds is 5. The van der Waals surface area contributed by atoms with Crippen molar-refractivity contribution in [3.63, 3.8) is 0 Å². The predicted octanol–water partition coefficient (Wildman–Crippen LogP) is 1.05. The van der Waals surface area contributed by atoms with Gasteiger partial charge in [-0.3, -0.25) is 4.98 Å². The van der Waals surface area contributed by atoms with Crippen molar-refractivity contribution in [1.29, 1.82) is 0 Å². The SMILES string of the molecule is CCNCCNc1ccc2nccnc2n1. The highest BCUT2D eigenvalue weighted by atomic mass is 15.0. The second-order valence-electron chi connectivity index (χ2n) is 3.38. The Kier molecular flexibility index (Phi) is 3.61. The third-order valence-electron chi connectivity index (χ3n) is 2.19. The number of fused-ring (bicyclic) bond motifs is 1. The lowest BCUT2D eigenvalue weighted by Gasteiger charge is -2.05. The molecule has 2 aromatic rings. The van der Waals surface area contributed by atoms with E-state index in [1.54, 1.807) is 12.4 Å². The highest BCUT2D eigenvalue weighted by Crippen LogP contribution is 2.09. The Balaban J connectivity index is 2.02. The maximum atomic E-state index is 4.36. The Morgan fingerprint density at radius 1 is 1.12 bits per heavy atom. The maximum absolute atomic E-state index is 4.36. The number of anilines is 1. The van der Waals surface area contributed by atoms with Gasteiger partial charge in [-0.2, -0.15) is 0 Å². The smallest absolute Gasteiger partial charge is 0.180 e. The Bertz CT molecular complexity index is 457. The average molecular weight is 217 g/mol. The summed E-state index contributed by atoms with van der Waals surface area (Å²) >= 11 is 0. The van der Waals surface area contributed by atoms with Gasteiger partial charge >= 0.3 is 0 Å². The Morgan fingerprint density at radius 2 is 2.00 bits per heavy atom. The van der Waals surface area contributed by atoms with Crippen molar-refractivity contribution in [2.24, 2.45) is 0 Å². The van der Waals surface area contributed by atoms with Crippen LogP contribution in [-0.4, -0.2) is 34.6 Å². The minimum atomic E-state index is 0.677. The van der Waals surface area contributed by atoms with Crippen LogP contribution in [0.2, 0.25) is 0 Å². The monoisotopic (exact) mass is 217 g/mol. The number of nitrogens with zero attached hydrogens (tertiary/aromatic N) is 3. The molecule has 0 aromatic carbocycles. The molecule has 0 unspecified atom stereocenters. The van der Waals surface area contributed by atoms with Gasteiger partial charge in [0.1, 0.15) is 11.3 Å². The molecule has 0 aliphatic carbocycles. The van der Waals surface area contributed by atoms with Crippen molar-refractivity contribution in [3.05, 3.63) is 24.5 Å². The summed E-state index contributed by atoms with van der Waals surface area (Å²) in [5, 5.41) is 6.47. The lowest BCUT2D eigenvalue weighted by atomic mass is 10.4. The Hall–Kier alpha value is -1.75. The summed E-state index contributed by atoms with van der Waals surface area (Å²) in [6.45, 7) is 4.85. The largest absolute Gasteiger partial charge is 0.369 e. The van der Waals surface area contributed by atoms with Crippen molar-refractivity contribution < 1.29 is 0 Å². The Morgan fingerprint density at radius 3 is 2.88 bits per heavy atom. The van der Waals surface area contributed by atoms with Gasteiger partial charge in [-0.15, -0.1) is 0 Å². The summed E-state index contributed by atoms with van der Waals surface area (Å²) < 4.78 is 0. The highest BCUT2D eigenvalue weighted by molar-refractivity contribution is 5.71. The van der Waals surface area contributed by atoms with Gasteiger partial charge in [0, 0.05) is 25.5 Å². The molecule has 0 saturated heterocycles. The molecule has 0 spiro atoms. The van der Waals surface area contributed by atoms with Crippen molar-refractivity contribution >= 4 is 17.0 Å². The summed E-state index contributed by atoms with van der Waals surface area (Å²) in [4.78, 5) is 12.7. The quantitative estimate of drug-likeness (QED) is 0.733. The summed E-state index contributed by atoms with van der Waals surface area (Å²) in [6.07, 6.45) is 3.32. The van der Waals surface area contributed by atoms with Crippen LogP contribution in [0.4, 0.5) is 5.82 Å². The van der Waals surface area contributed by atoms with Crippen molar-refractivity contribution in [1.82, 2.24) is 20.3 Å². The van der Waals surface area contributed by atoms with Crippen LogP contribution in [0.15, 0.2) is 24.5 Å². The molecule has 2 heterocycles. The molecule has 0 fully saturated rings. The topological polar surface area (TPSA) is 62.7 Å². The fraction of sp³-hybridized carbons (Fsp3) is 0.364. The minimum absolute atomic E-state index is 0.677. The molecule has 0 bridgehead atoms. The van der Waals surface area contributed by atoms with Crippen LogP contribution in [0.3, 0.4) is 0 Å². The zero-order valence-corrected chi connectivity index (χ0v) is 9.27. The lowest BCUT2D eigenvalue weighted by molar-refractivity contribution is 0.738. The van der Waals surface area contributed by atoms with Crippen molar-refractivity contribution in [3.8, 4) is 0 Å². The number of likely N-dealkylation sites (N-methyl/N-ethyl adjacent to an activating group) is 1. The third kappa shape index (κ3) is 2.64. The van der Waals surface area contributed by atoms with E-state index in [9.17, 15) is 0 Å². The van der Waals surface area contributed by atoms with Gasteiger partial charge < -0.3 is 10.6 Å². The van der Waals surface area contributed by atoms with Gasteiger partial charge in [-0.25, -0.2) is 9.97 Å². The zero-order chi connectivity index (χ0) is 11.2. The van der Waals surface area contributed by atoms with Gasteiger partial charge in [-0.1, -0.05) is 6.92 Å². The highest BCUT2D eigenvalue weighted by Gasteiger charge is 1.98. The number of hydrogen-bond acceptors (Lipinski definition) is 5. The van der Waals surface area contributed by atoms with Gasteiger partial charge in [0.05, 0.1) is 0 Å². The molecule has 0 atom stereocenters. The van der Waals surface area contributed by atoms with Crippen LogP contribution >= 0.6 is 0 Å². The van der Waals surface area contributed by atoms with Gasteiger partial charge in [0.2, 0.25) is 0 Å². The van der Waals surface area contributed by atoms with Gasteiger partial charge in [0.25, 0.3) is 0 Å². The van der Waals surface area contributed by atoms with E-state index in [0.717, 1.165) is 31.0 Å². The molecule has 5 nitrogen and oxygen atoms in total. The minimum Gasteiger partial charge on any atom is -0.369 e. The summed E-state index contributed by atoms with van der Waals surface area (Å²) in [5.74, 6) is 0.839. The maximum Gasteiger partial charge on any atom is 0.180 e. The van der Waals surface area contributed by atoms with Gasteiger partial charge in [0.15, 0.2) is 5.65 Å². The molecule has 16 heavy (non-hydrogen) atoms. The molecular weight excluding hydrogens is 202 g/mol. The van der Waals surface area contributed by atoms with E-state index in [0.29, 0.717) is 5.65 Å². The molecule has 0 saturated carbocycles. The van der Waals surface area contributed by atoms with E-state index < -0.39 is 0 Å². The first-order valence-corrected chi connectivity index (χ1v) is 5.42. The van der Waals surface area contributed by atoms with Crippen LogP contribution < -0.4 is 10.6 Å². The summed E-state index contributed by atoms with van der Waals surface area (Å²) in [6, 6.07) is 3.84. The molecule has 84 valence electrons. The number of hydrogen-bond donors (Lipinski definition) is 2. The van der Waals surface area contributed by atoms with E-state index in [1.807, 2.05) is 12.1 Å². The Labute approximate surface area is 94.3 Å². The second kappa shape index (κ2) is 5.37. The average Bonchev–Trinajstić information content (AvgIpc) is 2.34. The molecular formula is C11H15N5. The normalized spacial score (nSPS) is 10.6. The number of nitrogens with one attached hydrogen (secondary N) is 2. The summed E-state index contributed by atoms with van der Waals surface area (Å²) in [5.41, 5.74) is 1.50.